The Labute approximate surface area is 93.9 Å². The average molecular weight is 219 g/mol. The van der Waals surface area contributed by atoms with Crippen LogP contribution in [-0.2, 0) is 0 Å². The molecule has 0 aliphatic carbocycles. The molecule has 0 aromatic carbocycles. The van der Waals surface area contributed by atoms with Crippen molar-refractivity contribution < 1.29 is 0 Å². The number of hydrogen-bond acceptors (Lipinski definition) is 4. The molecule has 1 aliphatic rings. The second-order valence-electron chi connectivity index (χ2n) is 3.58. The van der Waals surface area contributed by atoms with Gasteiger partial charge in [0.15, 0.2) is 0 Å². The molecule has 0 spiro atoms. The molecule has 0 bridgehead atoms. The van der Waals surface area contributed by atoms with Gasteiger partial charge in [0.2, 0.25) is 0 Å². The minimum atomic E-state index is 0.597. The highest BCUT2D eigenvalue weighted by atomic mass is 32.2. The van der Waals surface area contributed by atoms with Crippen LogP contribution in [0, 0.1) is 11.3 Å². The topological polar surface area (TPSA) is 48.7 Å². The van der Waals surface area contributed by atoms with E-state index in [4.69, 9.17) is 5.26 Å². The van der Waals surface area contributed by atoms with Crippen LogP contribution in [0.1, 0.15) is 18.4 Å². The van der Waals surface area contributed by atoms with E-state index < -0.39 is 0 Å². The molecular formula is C11H13N3S. The predicted molar refractivity (Wildman–Crippen MR) is 60.7 cm³/mol. The summed E-state index contributed by atoms with van der Waals surface area (Å²) in [6.45, 7) is 2.17. The number of nitriles is 1. The van der Waals surface area contributed by atoms with Gasteiger partial charge in [0.25, 0.3) is 0 Å². The fraction of sp³-hybridized carbons (Fsp3) is 0.455. The minimum Gasteiger partial charge on any atom is -0.316 e. The summed E-state index contributed by atoms with van der Waals surface area (Å²) in [5.74, 6) is 0. The van der Waals surface area contributed by atoms with Crippen LogP contribution in [0.15, 0.2) is 23.4 Å². The third kappa shape index (κ3) is 2.95. The Hall–Kier alpha value is -1.05. The number of nitrogens with one attached hydrogen (secondary N) is 1. The van der Waals surface area contributed by atoms with Gasteiger partial charge in [0.05, 0.1) is 16.7 Å². The van der Waals surface area contributed by atoms with Gasteiger partial charge in [-0.25, -0.2) is 4.98 Å². The SMILES string of the molecule is N#Cc1ccnc(SC2CCCNC2)c1. The smallest absolute Gasteiger partial charge is 0.0993 e. The third-order valence-electron chi connectivity index (χ3n) is 2.40. The van der Waals surface area contributed by atoms with Gasteiger partial charge in [-0.15, -0.1) is 11.8 Å². The normalized spacial score (nSPS) is 20.9. The Balaban J connectivity index is 2.00. The molecule has 0 saturated carbocycles. The fourth-order valence-corrected chi connectivity index (χ4v) is 2.78. The zero-order valence-corrected chi connectivity index (χ0v) is 9.26. The van der Waals surface area contributed by atoms with Crippen LogP contribution in [0.3, 0.4) is 0 Å². The number of thioether (sulfide) groups is 1. The average Bonchev–Trinajstić information content (AvgIpc) is 2.31. The number of aromatic nitrogens is 1. The minimum absolute atomic E-state index is 0.597. The summed E-state index contributed by atoms with van der Waals surface area (Å²) in [4.78, 5) is 4.27. The standard InChI is InChI=1S/C11H13N3S/c12-7-9-3-5-14-11(6-9)15-10-2-1-4-13-8-10/h3,5-6,10,13H,1-2,4,8H2. The first-order valence-corrected chi connectivity index (χ1v) is 6.00. The van der Waals surface area contributed by atoms with E-state index in [1.807, 2.05) is 6.07 Å². The van der Waals surface area contributed by atoms with Gasteiger partial charge >= 0.3 is 0 Å². The van der Waals surface area contributed by atoms with E-state index in [1.54, 1.807) is 24.0 Å². The van der Waals surface area contributed by atoms with Crippen molar-refractivity contribution >= 4 is 11.8 Å². The van der Waals surface area contributed by atoms with Crippen LogP contribution in [0.5, 0.6) is 0 Å². The second-order valence-corrected chi connectivity index (χ2v) is 4.90. The van der Waals surface area contributed by atoms with E-state index in [0.29, 0.717) is 10.8 Å². The zero-order valence-electron chi connectivity index (χ0n) is 8.44. The van der Waals surface area contributed by atoms with Gasteiger partial charge in [-0.3, -0.25) is 0 Å². The van der Waals surface area contributed by atoms with Crippen LogP contribution in [0.4, 0.5) is 0 Å². The van der Waals surface area contributed by atoms with Crippen LogP contribution in [0.2, 0.25) is 0 Å². The lowest BCUT2D eigenvalue weighted by Crippen LogP contribution is -2.31. The van der Waals surface area contributed by atoms with Crippen molar-refractivity contribution in [3.05, 3.63) is 23.9 Å². The molecule has 1 aliphatic heterocycles. The highest BCUT2D eigenvalue weighted by Crippen LogP contribution is 2.25. The van der Waals surface area contributed by atoms with Crippen LogP contribution in [-0.4, -0.2) is 23.3 Å². The molecule has 1 atom stereocenters. The van der Waals surface area contributed by atoms with E-state index in [0.717, 1.165) is 18.1 Å². The molecule has 1 fully saturated rings. The Morgan fingerprint density at radius 3 is 3.27 bits per heavy atom. The molecule has 1 aromatic rings. The van der Waals surface area contributed by atoms with Gasteiger partial charge in [-0.05, 0) is 31.5 Å². The van der Waals surface area contributed by atoms with E-state index in [1.165, 1.54) is 12.8 Å². The lowest BCUT2D eigenvalue weighted by molar-refractivity contribution is 0.531. The number of rotatable bonds is 2. The first-order chi connectivity index (χ1) is 7.38. The largest absolute Gasteiger partial charge is 0.316 e. The van der Waals surface area contributed by atoms with Gasteiger partial charge in [-0.1, -0.05) is 0 Å². The summed E-state index contributed by atoms with van der Waals surface area (Å²) >= 11 is 1.77. The predicted octanol–water partition coefficient (Wildman–Crippen LogP) is 1.80. The molecule has 15 heavy (non-hydrogen) atoms. The lowest BCUT2D eigenvalue weighted by atomic mass is 10.2. The first-order valence-electron chi connectivity index (χ1n) is 5.12. The van der Waals surface area contributed by atoms with E-state index in [2.05, 4.69) is 16.4 Å². The summed E-state index contributed by atoms with van der Waals surface area (Å²) < 4.78 is 0. The Morgan fingerprint density at radius 2 is 2.53 bits per heavy atom. The number of pyridine rings is 1. The quantitative estimate of drug-likeness (QED) is 0.824. The van der Waals surface area contributed by atoms with Crippen molar-refractivity contribution in [1.29, 1.82) is 5.26 Å². The molecule has 1 saturated heterocycles. The number of piperidine rings is 1. The highest BCUT2D eigenvalue weighted by Gasteiger charge is 2.14. The highest BCUT2D eigenvalue weighted by molar-refractivity contribution is 7.99. The van der Waals surface area contributed by atoms with Crippen molar-refractivity contribution in [3.63, 3.8) is 0 Å². The van der Waals surface area contributed by atoms with Crippen molar-refractivity contribution in [1.82, 2.24) is 10.3 Å². The third-order valence-corrected chi connectivity index (χ3v) is 3.60. The van der Waals surface area contributed by atoms with Crippen molar-refractivity contribution in [2.24, 2.45) is 0 Å². The molecule has 78 valence electrons. The summed E-state index contributed by atoms with van der Waals surface area (Å²) in [6.07, 6.45) is 4.17. The van der Waals surface area contributed by atoms with Crippen molar-refractivity contribution in [3.8, 4) is 6.07 Å². The zero-order chi connectivity index (χ0) is 10.5. The maximum atomic E-state index is 8.77. The Morgan fingerprint density at radius 1 is 1.60 bits per heavy atom. The molecule has 1 N–H and O–H groups in total. The van der Waals surface area contributed by atoms with Crippen molar-refractivity contribution in [2.45, 2.75) is 23.1 Å². The Kier molecular flexibility index (Phi) is 3.59. The lowest BCUT2D eigenvalue weighted by Gasteiger charge is -2.21. The molecule has 2 heterocycles. The van der Waals surface area contributed by atoms with Crippen LogP contribution in [0.25, 0.3) is 0 Å². The summed E-state index contributed by atoms with van der Waals surface area (Å²) in [5, 5.41) is 13.7. The molecule has 3 nitrogen and oxygen atoms in total. The molecule has 0 amide bonds. The Bertz CT molecular complexity index is 366. The van der Waals surface area contributed by atoms with Crippen LogP contribution < -0.4 is 5.32 Å². The maximum absolute atomic E-state index is 8.77. The fourth-order valence-electron chi connectivity index (χ4n) is 1.63. The molecule has 4 heteroatoms. The first kappa shape index (κ1) is 10.5. The number of hydrogen-bond donors (Lipinski definition) is 1. The molecule has 1 unspecified atom stereocenters. The van der Waals surface area contributed by atoms with Gasteiger partial charge in [0.1, 0.15) is 0 Å². The van der Waals surface area contributed by atoms with E-state index >= 15 is 0 Å². The monoisotopic (exact) mass is 219 g/mol. The van der Waals surface area contributed by atoms with Gasteiger partial charge in [0, 0.05) is 18.0 Å². The summed E-state index contributed by atoms with van der Waals surface area (Å²) in [7, 11) is 0. The molecule has 1 aromatic heterocycles. The van der Waals surface area contributed by atoms with Crippen molar-refractivity contribution in [2.75, 3.05) is 13.1 Å². The summed E-state index contributed by atoms with van der Waals surface area (Å²) in [6, 6.07) is 5.74. The maximum Gasteiger partial charge on any atom is 0.0993 e. The second kappa shape index (κ2) is 5.15. The number of nitrogens with zero attached hydrogens (tertiary/aromatic N) is 2. The van der Waals surface area contributed by atoms with E-state index in [9.17, 15) is 0 Å². The van der Waals surface area contributed by atoms with Gasteiger partial charge in [-0.2, -0.15) is 5.26 Å². The summed E-state index contributed by atoms with van der Waals surface area (Å²) in [5.41, 5.74) is 0.691. The van der Waals surface area contributed by atoms with Gasteiger partial charge < -0.3 is 5.32 Å². The van der Waals surface area contributed by atoms with Crippen LogP contribution >= 0.6 is 11.8 Å². The van der Waals surface area contributed by atoms with E-state index in [-0.39, 0.29) is 0 Å². The molecule has 0 radical (unpaired) electrons. The molecule has 2 rings (SSSR count). The molecular weight excluding hydrogens is 206 g/mol.